The summed E-state index contributed by atoms with van der Waals surface area (Å²) < 4.78 is 1.10. The highest BCUT2D eigenvalue weighted by molar-refractivity contribution is 4.49. The second-order valence-corrected chi connectivity index (χ2v) is 6.33. The molecule has 0 bridgehead atoms. The number of hydrogen-bond acceptors (Lipinski definition) is 1. The fraction of sp³-hybridized carbons (Fsp3) is 1.00. The number of hydrogen-bond donors (Lipinski definition) is 1. The standard InChI is InChI=1S/C18H40NO.BrH/c1-4-7-8-9-10-11-12-13-14-15-16-19(5-2,6-3)17-18-20;/h20H,4-18H2,1-3H3;1H/q+1;/p-1. The molecule has 0 unspecified atom stereocenters. The Morgan fingerprint density at radius 3 is 1.43 bits per heavy atom. The highest BCUT2D eigenvalue weighted by atomic mass is 79.9. The van der Waals surface area contributed by atoms with Gasteiger partial charge >= 0.3 is 0 Å². The molecule has 0 saturated heterocycles. The Labute approximate surface area is 144 Å². The zero-order valence-electron chi connectivity index (χ0n) is 14.9. The number of rotatable bonds is 15. The van der Waals surface area contributed by atoms with Crippen molar-refractivity contribution in [2.75, 3.05) is 32.8 Å². The largest absolute Gasteiger partial charge is 1.00 e. The molecule has 0 aromatic carbocycles. The summed E-state index contributed by atoms with van der Waals surface area (Å²) in [5, 5.41) is 9.21. The van der Waals surface area contributed by atoms with Crippen LogP contribution in [0, 0.1) is 0 Å². The van der Waals surface area contributed by atoms with Crippen molar-refractivity contribution in [1.29, 1.82) is 0 Å². The first-order chi connectivity index (χ1) is 9.74. The van der Waals surface area contributed by atoms with Crippen molar-refractivity contribution in [3.8, 4) is 0 Å². The topological polar surface area (TPSA) is 20.2 Å². The third-order valence-electron chi connectivity index (χ3n) is 4.90. The molecule has 0 aliphatic heterocycles. The maximum atomic E-state index is 9.21. The van der Waals surface area contributed by atoms with Crippen molar-refractivity contribution >= 4 is 0 Å². The van der Waals surface area contributed by atoms with Crippen LogP contribution in [0.2, 0.25) is 0 Å². The van der Waals surface area contributed by atoms with Crippen LogP contribution in [0.1, 0.15) is 85.0 Å². The molecule has 0 aliphatic carbocycles. The number of nitrogens with zero attached hydrogens (tertiary/aromatic N) is 1. The van der Waals surface area contributed by atoms with E-state index in [4.69, 9.17) is 0 Å². The van der Waals surface area contributed by atoms with Gasteiger partial charge in [-0.05, 0) is 26.7 Å². The molecule has 21 heavy (non-hydrogen) atoms. The van der Waals surface area contributed by atoms with Crippen molar-refractivity contribution in [2.45, 2.75) is 85.0 Å². The monoisotopic (exact) mass is 365 g/mol. The molecule has 0 saturated carbocycles. The molecule has 0 atom stereocenters. The first-order valence-corrected chi connectivity index (χ1v) is 9.20. The average Bonchev–Trinajstić information content (AvgIpc) is 2.48. The van der Waals surface area contributed by atoms with Gasteiger partial charge in [0.25, 0.3) is 0 Å². The molecule has 0 aromatic heterocycles. The molecule has 3 heteroatoms. The Bertz CT molecular complexity index is 196. The molecule has 1 N–H and O–H groups in total. The number of aliphatic hydroxyl groups is 1. The van der Waals surface area contributed by atoms with E-state index in [9.17, 15) is 5.11 Å². The van der Waals surface area contributed by atoms with Crippen LogP contribution in [-0.4, -0.2) is 42.4 Å². The summed E-state index contributed by atoms with van der Waals surface area (Å²) in [5.74, 6) is 0. The lowest BCUT2D eigenvalue weighted by atomic mass is 10.1. The number of unbranched alkanes of at least 4 members (excludes halogenated alkanes) is 9. The smallest absolute Gasteiger partial charge is 0.102 e. The molecular weight excluding hydrogens is 326 g/mol. The van der Waals surface area contributed by atoms with E-state index in [1.165, 1.54) is 70.8 Å². The zero-order chi connectivity index (χ0) is 15.1. The van der Waals surface area contributed by atoms with Gasteiger partial charge in [0.1, 0.15) is 6.54 Å². The summed E-state index contributed by atoms with van der Waals surface area (Å²) in [6.07, 6.45) is 14.0. The normalized spacial score (nSPS) is 11.4. The highest BCUT2D eigenvalue weighted by Gasteiger charge is 2.21. The third kappa shape index (κ3) is 12.6. The molecule has 0 aliphatic rings. The van der Waals surface area contributed by atoms with Gasteiger partial charge in [0, 0.05) is 0 Å². The van der Waals surface area contributed by atoms with E-state index < -0.39 is 0 Å². The van der Waals surface area contributed by atoms with Gasteiger partial charge in [-0.1, -0.05) is 58.3 Å². The fourth-order valence-electron chi connectivity index (χ4n) is 3.11. The Balaban J connectivity index is 0. The lowest BCUT2D eigenvalue weighted by Crippen LogP contribution is -3.00. The Morgan fingerprint density at radius 1 is 0.619 bits per heavy atom. The van der Waals surface area contributed by atoms with Gasteiger partial charge in [0.05, 0.1) is 26.2 Å². The van der Waals surface area contributed by atoms with Crippen molar-refractivity contribution in [2.24, 2.45) is 0 Å². The van der Waals surface area contributed by atoms with Crippen molar-refractivity contribution in [3.63, 3.8) is 0 Å². The van der Waals surface area contributed by atoms with Crippen molar-refractivity contribution in [3.05, 3.63) is 0 Å². The van der Waals surface area contributed by atoms with Gasteiger partial charge in [-0.15, -0.1) is 0 Å². The minimum atomic E-state index is 0. The number of halogens is 1. The molecule has 0 amide bonds. The van der Waals surface area contributed by atoms with E-state index in [-0.39, 0.29) is 17.0 Å². The highest BCUT2D eigenvalue weighted by Crippen LogP contribution is 2.13. The van der Waals surface area contributed by atoms with E-state index in [0.717, 1.165) is 24.1 Å². The van der Waals surface area contributed by atoms with E-state index in [1.807, 2.05) is 0 Å². The number of quaternary nitrogens is 1. The lowest BCUT2D eigenvalue weighted by Gasteiger charge is -2.36. The summed E-state index contributed by atoms with van der Waals surface area (Å²) in [7, 11) is 0. The van der Waals surface area contributed by atoms with Crippen LogP contribution >= 0.6 is 0 Å². The van der Waals surface area contributed by atoms with Crippen LogP contribution < -0.4 is 17.0 Å². The molecular formula is C18H40BrNO. The van der Waals surface area contributed by atoms with Gasteiger partial charge < -0.3 is 26.6 Å². The number of likely N-dealkylation sites (N-methyl/N-ethyl adjacent to an activating group) is 1. The molecule has 2 nitrogen and oxygen atoms in total. The minimum Gasteiger partial charge on any atom is -1.00 e. The Kier molecular flexibility index (Phi) is 18.9. The van der Waals surface area contributed by atoms with Crippen LogP contribution in [0.15, 0.2) is 0 Å². The predicted octanol–water partition coefficient (Wildman–Crippen LogP) is 1.76. The van der Waals surface area contributed by atoms with Gasteiger partial charge in [-0.25, -0.2) is 0 Å². The van der Waals surface area contributed by atoms with Gasteiger partial charge in [0.15, 0.2) is 0 Å². The SMILES string of the molecule is CCCCCCCCCCCC[N+](CC)(CC)CCO.[Br-]. The van der Waals surface area contributed by atoms with Crippen LogP contribution in [0.25, 0.3) is 0 Å². The van der Waals surface area contributed by atoms with E-state index in [1.54, 1.807) is 0 Å². The number of aliphatic hydroxyl groups excluding tert-OH is 1. The van der Waals surface area contributed by atoms with Gasteiger partial charge in [-0.2, -0.15) is 0 Å². The maximum absolute atomic E-state index is 9.21. The average molecular weight is 366 g/mol. The Morgan fingerprint density at radius 2 is 1.05 bits per heavy atom. The van der Waals surface area contributed by atoms with Crippen LogP contribution in [0.5, 0.6) is 0 Å². The zero-order valence-corrected chi connectivity index (χ0v) is 16.5. The van der Waals surface area contributed by atoms with Crippen LogP contribution in [0.4, 0.5) is 0 Å². The molecule has 0 heterocycles. The first-order valence-electron chi connectivity index (χ1n) is 9.20. The molecule has 130 valence electrons. The van der Waals surface area contributed by atoms with Crippen LogP contribution in [0.3, 0.4) is 0 Å². The molecule has 0 radical (unpaired) electrons. The quantitative estimate of drug-likeness (QED) is 0.346. The molecule has 0 rings (SSSR count). The van der Waals surface area contributed by atoms with Gasteiger partial charge in [-0.3, -0.25) is 0 Å². The first kappa shape index (κ1) is 23.7. The third-order valence-corrected chi connectivity index (χ3v) is 4.90. The second kappa shape index (κ2) is 16.8. The lowest BCUT2D eigenvalue weighted by molar-refractivity contribution is -0.925. The summed E-state index contributed by atoms with van der Waals surface area (Å²) >= 11 is 0. The molecule has 0 spiro atoms. The van der Waals surface area contributed by atoms with Crippen LogP contribution in [-0.2, 0) is 0 Å². The maximum Gasteiger partial charge on any atom is 0.102 e. The van der Waals surface area contributed by atoms with Crippen molar-refractivity contribution in [1.82, 2.24) is 0 Å². The van der Waals surface area contributed by atoms with Crippen molar-refractivity contribution < 1.29 is 26.6 Å². The van der Waals surface area contributed by atoms with E-state index in [0.29, 0.717) is 6.61 Å². The van der Waals surface area contributed by atoms with E-state index in [2.05, 4.69) is 20.8 Å². The minimum absolute atomic E-state index is 0. The summed E-state index contributed by atoms with van der Waals surface area (Å²) in [5.41, 5.74) is 0. The molecule has 0 fully saturated rings. The summed E-state index contributed by atoms with van der Waals surface area (Å²) in [4.78, 5) is 0. The van der Waals surface area contributed by atoms with Gasteiger partial charge in [0.2, 0.25) is 0 Å². The van der Waals surface area contributed by atoms with E-state index >= 15 is 0 Å². The Hall–Kier alpha value is 0.400. The molecule has 0 aromatic rings. The second-order valence-electron chi connectivity index (χ2n) is 6.33. The fourth-order valence-corrected chi connectivity index (χ4v) is 3.11. The summed E-state index contributed by atoms with van der Waals surface area (Å²) in [6, 6.07) is 0. The predicted molar refractivity (Wildman–Crippen MR) is 90.0 cm³/mol. The summed E-state index contributed by atoms with van der Waals surface area (Å²) in [6.45, 7) is 11.6.